The molecule has 1 aromatic rings. The van der Waals surface area contributed by atoms with Gasteiger partial charge < -0.3 is 16.0 Å². The van der Waals surface area contributed by atoms with E-state index in [1.165, 1.54) is 30.5 Å². The summed E-state index contributed by atoms with van der Waals surface area (Å²) in [7, 11) is 1.49. The third-order valence-electron chi connectivity index (χ3n) is 7.48. The van der Waals surface area contributed by atoms with Gasteiger partial charge in [-0.3, -0.25) is 19.8 Å². The van der Waals surface area contributed by atoms with Gasteiger partial charge in [0.05, 0.1) is 28.9 Å². The van der Waals surface area contributed by atoms with E-state index in [2.05, 4.69) is 26.1 Å². The maximum absolute atomic E-state index is 13.0. The van der Waals surface area contributed by atoms with Crippen molar-refractivity contribution in [3.8, 4) is 0 Å². The van der Waals surface area contributed by atoms with Gasteiger partial charge in [-0.15, -0.1) is 0 Å². The second-order valence-electron chi connectivity index (χ2n) is 10.8. The number of carbonyl (C=O) groups is 3. The molecule has 0 spiro atoms. The Kier molecular flexibility index (Phi) is 12.1. The largest absolute Gasteiger partial charge is 0.416 e. The molecule has 0 unspecified atom stereocenters. The number of nitrogens with two attached hydrogens (primary N) is 1. The summed E-state index contributed by atoms with van der Waals surface area (Å²) in [6.45, 7) is 6.32. The van der Waals surface area contributed by atoms with Gasteiger partial charge in [-0.2, -0.15) is 13.2 Å². The van der Waals surface area contributed by atoms with Gasteiger partial charge in [0.2, 0.25) is 17.7 Å². The minimum atomic E-state index is -4.48. The van der Waals surface area contributed by atoms with Gasteiger partial charge >= 0.3 is 6.18 Å². The number of rotatable bonds is 9. The van der Waals surface area contributed by atoms with Crippen LogP contribution in [0, 0.1) is 16.7 Å². The van der Waals surface area contributed by atoms with Gasteiger partial charge in [-0.25, -0.2) is 0 Å². The third kappa shape index (κ3) is 9.43. The van der Waals surface area contributed by atoms with Crippen molar-refractivity contribution in [3.05, 3.63) is 65.3 Å². The number of anilines is 1. The number of para-hydroxylation sites is 1. The number of nitrogens with zero attached hydrogens (tertiary/aromatic N) is 1. The van der Waals surface area contributed by atoms with E-state index in [4.69, 9.17) is 11.1 Å². The minimum Gasteiger partial charge on any atom is -0.369 e. The molecule has 2 aliphatic carbocycles. The summed E-state index contributed by atoms with van der Waals surface area (Å²) in [6, 6.07) is 6.56. The van der Waals surface area contributed by atoms with Gasteiger partial charge in [0.25, 0.3) is 0 Å². The van der Waals surface area contributed by atoms with E-state index in [0.717, 1.165) is 30.9 Å². The first-order valence-electron chi connectivity index (χ1n) is 13.9. The molecule has 10 heteroatoms. The van der Waals surface area contributed by atoms with Crippen molar-refractivity contribution in [1.82, 2.24) is 5.32 Å². The van der Waals surface area contributed by atoms with E-state index in [0.29, 0.717) is 29.7 Å². The highest BCUT2D eigenvalue weighted by Crippen LogP contribution is 2.40. The first-order chi connectivity index (χ1) is 19.2. The summed E-state index contributed by atoms with van der Waals surface area (Å²) in [6.07, 6.45) is 4.24. The first-order valence-corrected chi connectivity index (χ1v) is 13.9. The lowest BCUT2D eigenvalue weighted by Crippen LogP contribution is -2.43. The van der Waals surface area contributed by atoms with Crippen LogP contribution in [0.4, 0.5) is 18.9 Å². The molecule has 7 nitrogen and oxygen atoms in total. The predicted octanol–water partition coefficient (Wildman–Crippen LogP) is 6.00. The van der Waals surface area contributed by atoms with Gasteiger partial charge in [-0.1, -0.05) is 76.5 Å². The van der Waals surface area contributed by atoms with Crippen molar-refractivity contribution in [3.63, 3.8) is 0 Å². The van der Waals surface area contributed by atoms with Gasteiger partial charge in [-0.05, 0) is 42.9 Å². The number of benzene rings is 1. The van der Waals surface area contributed by atoms with Crippen molar-refractivity contribution in [1.29, 1.82) is 5.41 Å². The molecule has 224 valence electrons. The van der Waals surface area contributed by atoms with Crippen molar-refractivity contribution < 1.29 is 27.6 Å². The molecule has 2 aliphatic rings. The number of allylic oxidation sites excluding steroid dienone is 6. The van der Waals surface area contributed by atoms with Crippen LogP contribution in [0.5, 0.6) is 0 Å². The smallest absolute Gasteiger partial charge is 0.369 e. The van der Waals surface area contributed by atoms with E-state index < -0.39 is 34.9 Å². The zero-order chi connectivity index (χ0) is 30.8. The van der Waals surface area contributed by atoms with Gasteiger partial charge in [0.1, 0.15) is 0 Å². The number of primary amides is 1. The highest BCUT2D eigenvalue weighted by atomic mass is 19.4. The molecule has 0 aromatic heterocycles. The first kappa shape index (κ1) is 33.5. The zero-order valence-corrected chi connectivity index (χ0v) is 24.2. The molecule has 3 rings (SSSR count). The third-order valence-corrected chi connectivity index (χ3v) is 7.48. The highest BCUT2D eigenvalue weighted by molar-refractivity contribution is 6.17. The average Bonchev–Trinajstić information content (AvgIpc) is 3.26. The summed E-state index contributed by atoms with van der Waals surface area (Å²) in [5.74, 6) is -0.532. The van der Waals surface area contributed by atoms with E-state index in [1.807, 2.05) is 0 Å². The summed E-state index contributed by atoms with van der Waals surface area (Å²) in [4.78, 5) is 38.5. The van der Waals surface area contributed by atoms with Crippen molar-refractivity contribution in [2.45, 2.75) is 71.9 Å². The normalized spacial score (nSPS) is 16.1. The van der Waals surface area contributed by atoms with Crippen molar-refractivity contribution in [2.24, 2.45) is 17.1 Å². The van der Waals surface area contributed by atoms with Crippen LogP contribution in [-0.4, -0.2) is 43.2 Å². The Labute approximate surface area is 240 Å². The summed E-state index contributed by atoms with van der Waals surface area (Å²) < 4.78 is 39.1. The Bertz CT molecular complexity index is 1210. The monoisotopic (exact) mass is 574 g/mol. The van der Waals surface area contributed by atoms with Crippen LogP contribution in [0.15, 0.2) is 59.7 Å². The Morgan fingerprint density at radius 3 is 2.27 bits per heavy atom. The second kappa shape index (κ2) is 14.8. The maximum Gasteiger partial charge on any atom is 0.416 e. The molecule has 41 heavy (non-hydrogen) atoms. The van der Waals surface area contributed by atoms with Crippen LogP contribution in [0.3, 0.4) is 0 Å². The summed E-state index contributed by atoms with van der Waals surface area (Å²) >= 11 is 0. The second-order valence-corrected chi connectivity index (χ2v) is 10.8. The number of alkyl halides is 3. The Hall–Kier alpha value is -3.69. The lowest BCUT2D eigenvalue weighted by atomic mass is 9.81. The SMILES string of the molecule is CCC(C)C.CN(C(=O)CNC(=O)CC1(C(N)=O)CCCC1)c1ccccc1C(=N)C1=CCC=C(C(F)(F)F)C=C1. The molecule has 1 saturated carbocycles. The molecule has 3 amide bonds. The number of hydrogen-bond acceptors (Lipinski definition) is 4. The summed E-state index contributed by atoms with van der Waals surface area (Å²) in [5.41, 5.74) is 4.84. The zero-order valence-electron chi connectivity index (χ0n) is 24.2. The molecule has 0 saturated heterocycles. The van der Waals surface area contributed by atoms with Gasteiger partial charge in [0.15, 0.2) is 0 Å². The topological polar surface area (TPSA) is 116 Å². The number of nitrogens with one attached hydrogen (secondary N) is 2. The predicted molar refractivity (Wildman–Crippen MR) is 156 cm³/mol. The van der Waals surface area contributed by atoms with E-state index in [1.54, 1.807) is 24.3 Å². The fourth-order valence-corrected chi connectivity index (χ4v) is 4.52. The molecule has 1 fully saturated rings. The van der Waals surface area contributed by atoms with Crippen LogP contribution < -0.4 is 16.0 Å². The number of hydrogen-bond donors (Lipinski definition) is 3. The number of halogens is 3. The van der Waals surface area contributed by atoms with Crippen molar-refractivity contribution >= 4 is 29.1 Å². The van der Waals surface area contributed by atoms with Crippen LogP contribution in [0.1, 0.15) is 71.3 Å². The van der Waals surface area contributed by atoms with Crippen LogP contribution in [-0.2, 0) is 14.4 Å². The van der Waals surface area contributed by atoms with E-state index in [-0.39, 0.29) is 25.1 Å². The Balaban J connectivity index is 0.00000108. The molecule has 0 atom stereocenters. The van der Waals surface area contributed by atoms with Crippen LogP contribution >= 0.6 is 0 Å². The highest BCUT2D eigenvalue weighted by Gasteiger charge is 2.41. The molecular formula is C31H41F3N4O3. The Morgan fingerprint density at radius 2 is 1.71 bits per heavy atom. The standard InChI is InChI=1S/C26H29F3N4O3.C5H12/c1-33(22(35)16-32-21(34)15-25(24(31)36)13-4-5-14-25)20-10-3-2-9-19(20)23(30)17-7-6-8-18(12-11-17)26(27,28)29;1-4-5(2)3/h2-3,7-12,30H,4-6,13-16H2,1H3,(H2,31,36)(H,32,34);5H,4H2,1-3H3. The number of carbonyl (C=O) groups excluding carboxylic acids is 3. The summed E-state index contributed by atoms with van der Waals surface area (Å²) in [5, 5.41) is 11.2. The average molecular weight is 575 g/mol. The molecule has 0 heterocycles. The lowest BCUT2D eigenvalue weighted by molar-refractivity contribution is -0.134. The molecule has 0 bridgehead atoms. The van der Waals surface area contributed by atoms with E-state index >= 15 is 0 Å². The Morgan fingerprint density at radius 1 is 1.10 bits per heavy atom. The number of likely N-dealkylation sites (N-methyl/N-ethyl adjacent to an activating group) is 1. The molecular weight excluding hydrogens is 533 g/mol. The van der Waals surface area contributed by atoms with Crippen molar-refractivity contribution in [2.75, 3.05) is 18.5 Å². The fourth-order valence-electron chi connectivity index (χ4n) is 4.52. The minimum absolute atomic E-state index is 0.00925. The lowest BCUT2D eigenvalue weighted by Gasteiger charge is -2.25. The molecule has 0 radical (unpaired) electrons. The van der Waals surface area contributed by atoms with Crippen LogP contribution in [0.25, 0.3) is 0 Å². The molecule has 1 aromatic carbocycles. The fraction of sp³-hybridized carbons (Fsp3) is 0.484. The van der Waals surface area contributed by atoms with E-state index in [9.17, 15) is 27.6 Å². The van der Waals surface area contributed by atoms with Gasteiger partial charge in [0, 0.05) is 19.0 Å². The van der Waals surface area contributed by atoms with Crippen LogP contribution in [0.2, 0.25) is 0 Å². The number of amides is 3. The maximum atomic E-state index is 13.0. The quantitative estimate of drug-likeness (QED) is 0.314. The molecule has 0 aliphatic heterocycles. The molecule has 4 N–H and O–H groups in total.